The molecule has 0 aromatic heterocycles. The molecule has 0 bridgehead atoms. The lowest BCUT2D eigenvalue weighted by Crippen LogP contribution is -2.17. The Morgan fingerprint density at radius 2 is 1.58 bits per heavy atom. The molecular weight excluding hydrogens is 218 g/mol. The van der Waals surface area contributed by atoms with Crippen molar-refractivity contribution in [3.8, 4) is 0 Å². The van der Waals surface area contributed by atoms with Crippen molar-refractivity contribution in [2.45, 2.75) is 19.3 Å². The van der Waals surface area contributed by atoms with Gasteiger partial charge in [-0.2, -0.15) is 0 Å². The molecule has 0 unspecified atom stereocenters. The summed E-state index contributed by atoms with van der Waals surface area (Å²) in [6.07, 6.45) is 3.36. The van der Waals surface area contributed by atoms with Gasteiger partial charge in [-0.1, -0.05) is 0 Å². The van der Waals surface area contributed by atoms with E-state index in [1.54, 1.807) is 0 Å². The highest BCUT2D eigenvalue weighted by Crippen LogP contribution is 1.84. The zero-order chi connectivity index (χ0) is 7.66. The van der Waals surface area contributed by atoms with Gasteiger partial charge in [0.15, 0.2) is 0 Å². The van der Waals surface area contributed by atoms with Crippen LogP contribution in [0.5, 0.6) is 0 Å². The Morgan fingerprint density at radius 3 is 2.08 bits per heavy atom. The SMILES string of the molecule is Cl.Cl.NCCCCNCCCCl. The molecule has 0 aliphatic heterocycles. The van der Waals surface area contributed by atoms with Gasteiger partial charge in [-0.25, -0.2) is 0 Å². The monoisotopic (exact) mass is 236 g/mol. The van der Waals surface area contributed by atoms with Crippen LogP contribution in [0.25, 0.3) is 0 Å². The van der Waals surface area contributed by atoms with Crippen LogP contribution in [0.3, 0.4) is 0 Å². The maximum Gasteiger partial charge on any atom is 0.0235 e. The van der Waals surface area contributed by atoms with E-state index < -0.39 is 0 Å². The van der Waals surface area contributed by atoms with Crippen LogP contribution < -0.4 is 11.1 Å². The first kappa shape index (κ1) is 18.5. The van der Waals surface area contributed by atoms with Crippen molar-refractivity contribution in [1.29, 1.82) is 0 Å². The minimum absolute atomic E-state index is 0. The molecule has 0 aliphatic carbocycles. The van der Waals surface area contributed by atoms with E-state index >= 15 is 0 Å². The Kier molecular flexibility index (Phi) is 27.5. The topological polar surface area (TPSA) is 38.0 Å². The zero-order valence-electron chi connectivity index (χ0n) is 7.22. The van der Waals surface area contributed by atoms with Crippen molar-refractivity contribution >= 4 is 36.4 Å². The van der Waals surface area contributed by atoms with Gasteiger partial charge in [0.2, 0.25) is 0 Å². The molecule has 0 heterocycles. The summed E-state index contributed by atoms with van der Waals surface area (Å²) >= 11 is 5.48. The fourth-order valence-corrected chi connectivity index (χ4v) is 0.845. The molecule has 0 aliphatic rings. The molecule has 0 fully saturated rings. The maximum atomic E-state index is 5.48. The highest BCUT2D eigenvalue weighted by Gasteiger charge is 1.86. The second kappa shape index (κ2) is 17.8. The fraction of sp³-hybridized carbons (Fsp3) is 1.00. The van der Waals surface area contributed by atoms with Crippen LogP contribution >= 0.6 is 36.4 Å². The average Bonchev–Trinajstić information content (AvgIpc) is 1.97. The Bertz CT molecular complexity index is 56.6. The number of nitrogens with one attached hydrogen (secondary N) is 1. The standard InChI is InChI=1S/C7H17ClN2.2ClH/c8-4-3-7-10-6-2-1-5-9;;/h10H,1-7,9H2;2*1H. The van der Waals surface area contributed by atoms with Gasteiger partial charge < -0.3 is 11.1 Å². The molecule has 0 saturated carbocycles. The molecule has 0 atom stereocenters. The number of hydrogen-bond acceptors (Lipinski definition) is 2. The van der Waals surface area contributed by atoms with Crippen LogP contribution in [0, 0.1) is 0 Å². The summed E-state index contributed by atoms with van der Waals surface area (Å²) in [5.74, 6) is 0.754. The van der Waals surface area contributed by atoms with Gasteiger partial charge in [-0.15, -0.1) is 36.4 Å². The molecule has 0 amide bonds. The normalized spacial score (nSPS) is 8.50. The molecule has 12 heavy (non-hydrogen) atoms. The predicted octanol–water partition coefficient (Wildman–Crippen LogP) is 1.79. The highest BCUT2D eigenvalue weighted by molar-refractivity contribution is 6.17. The van der Waals surface area contributed by atoms with Gasteiger partial charge in [-0.3, -0.25) is 0 Å². The third-order valence-electron chi connectivity index (χ3n) is 1.29. The minimum atomic E-state index is 0. The first-order chi connectivity index (χ1) is 4.91. The van der Waals surface area contributed by atoms with E-state index in [0.717, 1.165) is 38.4 Å². The third kappa shape index (κ3) is 17.0. The third-order valence-corrected chi connectivity index (χ3v) is 1.56. The number of halogens is 3. The summed E-state index contributed by atoms with van der Waals surface area (Å²) in [5, 5.41) is 3.28. The largest absolute Gasteiger partial charge is 0.330 e. The van der Waals surface area contributed by atoms with Crippen molar-refractivity contribution < 1.29 is 0 Å². The molecule has 3 N–H and O–H groups in total. The Morgan fingerprint density at radius 1 is 1.00 bits per heavy atom. The number of rotatable bonds is 7. The molecule has 78 valence electrons. The second-order valence-electron chi connectivity index (χ2n) is 2.29. The van der Waals surface area contributed by atoms with E-state index in [4.69, 9.17) is 17.3 Å². The van der Waals surface area contributed by atoms with Crippen LogP contribution in [-0.4, -0.2) is 25.5 Å². The van der Waals surface area contributed by atoms with E-state index in [2.05, 4.69) is 5.32 Å². The van der Waals surface area contributed by atoms with Crippen LogP contribution in [0.2, 0.25) is 0 Å². The second-order valence-corrected chi connectivity index (χ2v) is 2.67. The van der Waals surface area contributed by atoms with Gasteiger partial charge in [0.05, 0.1) is 0 Å². The van der Waals surface area contributed by atoms with Gasteiger partial charge in [0.25, 0.3) is 0 Å². The Labute approximate surface area is 92.4 Å². The predicted molar refractivity (Wildman–Crippen MR) is 61.0 cm³/mol. The van der Waals surface area contributed by atoms with E-state index in [-0.39, 0.29) is 24.8 Å². The van der Waals surface area contributed by atoms with Gasteiger partial charge in [0, 0.05) is 5.88 Å². The summed E-state index contributed by atoms with van der Waals surface area (Å²) in [5.41, 5.74) is 5.32. The first-order valence-electron chi connectivity index (χ1n) is 3.88. The quantitative estimate of drug-likeness (QED) is 0.523. The summed E-state index contributed by atoms with van der Waals surface area (Å²) in [6, 6.07) is 0. The molecule has 0 aromatic rings. The molecule has 5 heteroatoms. The highest BCUT2D eigenvalue weighted by atomic mass is 35.5. The first-order valence-corrected chi connectivity index (χ1v) is 4.42. The molecule has 2 nitrogen and oxygen atoms in total. The smallest absolute Gasteiger partial charge is 0.0235 e. The number of alkyl halides is 1. The number of nitrogens with two attached hydrogens (primary N) is 1. The van der Waals surface area contributed by atoms with Crippen molar-refractivity contribution in [3.63, 3.8) is 0 Å². The van der Waals surface area contributed by atoms with Crippen LogP contribution in [0.15, 0.2) is 0 Å². The average molecular weight is 238 g/mol. The summed E-state index contributed by atoms with van der Waals surface area (Å²) in [6.45, 7) is 2.92. The zero-order valence-corrected chi connectivity index (χ0v) is 9.61. The minimum Gasteiger partial charge on any atom is -0.330 e. The molecular formula is C7H19Cl3N2. The van der Waals surface area contributed by atoms with Crippen molar-refractivity contribution in [2.75, 3.05) is 25.5 Å². The van der Waals surface area contributed by atoms with Crippen LogP contribution in [-0.2, 0) is 0 Å². The Balaban J connectivity index is -0.000000405. The van der Waals surface area contributed by atoms with E-state index in [0.29, 0.717) is 0 Å². The molecule has 0 radical (unpaired) electrons. The number of unbranched alkanes of at least 4 members (excludes halogenated alkanes) is 1. The summed E-state index contributed by atoms with van der Waals surface area (Å²) in [7, 11) is 0. The van der Waals surface area contributed by atoms with E-state index in [1.807, 2.05) is 0 Å². The van der Waals surface area contributed by atoms with E-state index in [1.165, 1.54) is 6.42 Å². The fourth-order valence-electron chi connectivity index (χ4n) is 0.711. The Hall–Kier alpha value is 0.790. The van der Waals surface area contributed by atoms with Crippen LogP contribution in [0.1, 0.15) is 19.3 Å². The van der Waals surface area contributed by atoms with E-state index in [9.17, 15) is 0 Å². The molecule has 0 saturated heterocycles. The lowest BCUT2D eigenvalue weighted by molar-refractivity contribution is 0.622. The molecule has 0 rings (SSSR count). The van der Waals surface area contributed by atoms with Gasteiger partial charge in [-0.05, 0) is 38.9 Å². The van der Waals surface area contributed by atoms with Gasteiger partial charge in [0.1, 0.15) is 0 Å². The summed E-state index contributed by atoms with van der Waals surface area (Å²) < 4.78 is 0. The maximum absolute atomic E-state index is 5.48. The van der Waals surface area contributed by atoms with Gasteiger partial charge >= 0.3 is 0 Å². The van der Waals surface area contributed by atoms with Crippen molar-refractivity contribution in [1.82, 2.24) is 5.32 Å². The van der Waals surface area contributed by atoms with Crippen LogP contribution in [0.4, 0.5) is 0 Å². The van der Waals surface area contributed by atoms with Crippen molar-refractivity contribution in [3.05, 3.63) is 0 Å². The molecule has 0 aromatic carbocycles. The summed E-state index contributed by atoms with van der Waals surface area (Å²) in [4.78, 5) is 0. The lowest BCUT2D eigenvalue weighted by atomic mass is 10.3. The van der Waals surface area contributed by atoms with Crippen molar-refractivity contribution in [2.24, 2.45) is 5.73 Å². The lowest BCUT2D eigenvalue weighted by Gasteiger charge is -2.00. The molecule has 0 spiro atoms. The number of hydrogen-bond donors (Lipinski definition) is 2.